The van der Waals surface area contributed by atoms with Crippen molar-refractivity contribution >= 4 is 34.4 Å². The van der Waals surface area contributed by atoms with Crippen LogP contribution >= 0.6 is 11.8 Å². The summed E-state index contributed by atoms with van der Waals surface area (Å²) in [6.45, 7) is 9.44. The van der Waals surface area contributed by atoms with Gasteiger partial charge in [-0.15, -0.1) is 11.8 Å². The van der Waals surface area contributed by atoms with E-state index in [0.717, 1.165) is 16.1 Å². The first-order valence-corrected chi connectivity index (χ1v) is 9.47. The summed E-state index contributed by atoms with van der Waals surface area (Å²) < 4.78 is 0. The SMILES string of the molecule is CC(=O)CC(C)(C)NC(=O)CCSc1cc(C)c2cccc(C)c2n1. The number of nitrogens with one attached hydrogen (secondary N) is 1. The van der Waals surface area contributed by atoms with Crippen molar-refractivity contribution in [2.75, 3.05) is 5.75 Å². The first-order valence-electron chi connectivity index (χ1n) is 8.48. The van der Waals surface area contributed by atoms with E-state index in [1.165, 1.54) is 10.9 Å². The number of amides is 1. The molecule has 4 nitrogen and oxygen atoms in total. The molecule has 1 aromatic carbocycles. The highest BCUT2D eigenvalue weighted by molar-refractivity contribution is 7.99. The van der Waals surface area contributed by atoms with Gasteiger partial charge in [-0.3, -0.25) is 9.59 Å². The molecular weight excluding hydrogens is 332 g/mol. The minimum absolute atomic E-state index is 0.0348. The van der Waals surface area contributed by atoms with Crippen LogP contribution in [0.2, 0.25) is 0 Å². The smallest absolute Gasteiger partial charge is 0.221 e. The third-order valence-corrected chi connectivity index (χ3v) is 4.89. The van der Waals surface area contributed by atoms with Crippen LogP contribution in [0.4, 0.5) is 0 Å². The Morgan fingerprint density at radius 2 is 1.92 bits per heavy atom. The number of nitrogens with zero attached hydrogens (tertiary/aromatic N) is 1. The van der Waals surface area contributed by atoms with E-state index in [1.54, 1.807) is 18.7 Å². The molecule has 2 rings (SSSR count). The molecule has 0 aliphatic rings. The maximum atomic E-state index is 12.1. The van der Waals surface area contributed by atoms with Crippen molar-refractivity contribution in [3.05, 3.63) is 35.4 Å². The topological polar surface area (TPSA) is 59.1 Å². The average molecular weight is 359 g/mol. The zero-order chi connectivity index (χ0) is 18.6. The van der Waals surface area contributed by atoms with Crippen LogP contribution in [0.3, 0.4) is 0 Å². The van der Waals surface area contributed by atoms with Crippen molar-refractivity contribution in [2.24, 2.45) is 0 Å². The molecule has 0 bridgehead atoms. The lowest BCUT2D eigenvalue weighted by atomic mass is 9.98. The third kappa shape index (κ3) is 5.56. The van der Waals surface area contributed by atoms with Crippen molar-refractivity contribution in [3.8, 4) is 0 Å². The van der Waals surface area contributed by atoms with Gasteiger partial charge < -0.3 is 5.32 Å². The second kappa shape index (κ2) is 8.00. The van der Waals surface area contributed by atoms with E-state index >= 15 is 0 Å². The lowest BCUT2D eigenvalue weighted by Gasteiger charge is -2.25. The lowest BCUT2D eigenvalue weighted by Crippen LogP contribution is -2.44. The number of para-hydroxylation sites is 1. The molecule has 0 spiro atoms. The van der Waals surface area contributed by atoms with Crippen LogP contribution in [0, 0.1) is 13.8 Å². The maximum absolute atomic E-state index is 12.1. The predicted octanol–water partition coefficient (Wildman–Crippen LogP) is 4.21. The van der Waals surface area contributed by atoms with Gasteiger partial charge in [-0.05, 0) is 51.8 Å². The number of fused-ring (bicyclic) bond motifs is 1. The second-order valence-electron chi connectivity index (χ2n) is 7.16. The van der Waals surface area contributed by atoms with Gasteiger partial charge in [0, 0.05) is 29.5 Å². The van der Waals surface area contributed by atoms with Crippen LogP contribution in [-0.4, -0.2) is 28.0 Å². The van der Waals surface area contributed by atoms with Gasteiger partial charge in [0.2, 0.25) is 5.91 Å². The van der Waals surface area contributed by atoms with E-state index in [-0.39, 0.29) is 11.7 Å². The molecule has 25 heavy (non-hydrogen) atoms. The number of aryl methyl sites for hydroxylation is 2. The minimum atomic E-state index is -0.498. The number of hydrogen-bond donors (Lipinski definition) is 1. The van der Waals surface area contributed by atoms with Crippen molar-refractivity contribution < 1.29 is 9.59 Å². The number of carbonyl (C=O) groups excluding carboxylic acids is 2. The fourth-order valence-corrected chi connectivity index (χ4v) is 3.87. The molecule has 0 aliphatic heterocycles. The van der Waals surface area contributed by atoms with Gasteiger partial charge in [-0.25, -0.2) is 4.98 Å². The zero-order valence-corrected chi connectivity index (χ0v) is 16.4. The number of thioether (sulfide) groups is 1. The number of aromatic nitrogens is 1. The van der Waals surface area contributed by atoms with Crippen LogP contribution in [0.15, 0.2) is 29.3 Å². The van der Waals surface area contributed by atoms with Crippen molar-refractivity contribution in [1.82, 2.24) is 10.3 Å². The molecule has 1 aromatic heterocycles. The third-order valence-electron chi connectivity index (χ3n) is 3.97. The zero-order valence-electron chi connectivity index (χ0n) is 15.6. The van der Waals surface area contributed by atoms with Crippen LogP contribution in [-0.2, 0) is 9.59 Å². The molecule has 1 amide bonds. The van der Waals surface area contributed by atoms with Gasteiger partial charge in [0.05, 0.1) is 10.5 Å². The molecule has 0 unspecified atom stereocenters. The number of rotatable bonds is 7. The first kappa shape index (κ1) is 19.4. The highest BCUT2D eigenvalue weighted by Crippen LogP contribution is 2.26. The molecule has 0 saturated heterocycles. The Kier molecular flexibility index (Phi) is 6.22. The summed E-state index contributed by atoms with van der Waals surface area (Å²) >= 11 is 1.59. The normalized spacial score (nSPS) is 11.6. The van der Waals surface area contributed by atoms with E-state index in [9.17, 15) is 9.59 Å². The molecule has 134 valence electrons. The van der Waals surface area contributed by atoms with E-state index in [2.05, 4.69) is 37.4 Å². The van der Waals surface area contributed by atoms with Gasteiger partial charge in [-0.1, -0.05) is 18.2 Å². The maximum Gasteiger partial charge on any atom is 0.221 e. The van der Waals surface area contributed by atoms with Crippen molar-refractivity contribution in [3.63, 3.8) is 0 Å². The van der Waals surface area contributed by atoms with Crippen LogP contribution in [0.25, 0.3) is 10.9 Å². The molecule has 0 atom stereocenters. The molecule has 0 aliphatic carbocycles. The Bertz CT molecular complexity index is 800. The Labute approximate surface area is 153 Å². The van der Waals surface area contributed by atoms with E-state index in [4.69, 9.17) is 4.98 Å². The number of benzene rings is 1. The Morgan fingerprint density at radius 3 is 2.60 bits per heavy atom. The van der Waals surface area contributed by atoms with E-state index in [1.807, 2.05) is 19.9 Å². The molecule has 0 saturated carbocycles. The molecule has 0 fully saturated rings. The number of hydrogen-bond acceptors (Lipinski definition) is 4. The summed E-state index contributed by atoms with van der Waals surface area (Å²) in [6.07, 6.45) is 0.745. The molecular formula is C20H26N2O2S. The van der Waals surface area contributed by atoms with Crippen LogP contribution in [0.5, 0.6) is 0 Å². The number of carbonyl (C=O) groups is 2. The summed E-state index contributed by atoms with van der Waals surface area (Å²) in [4.78, 5) is 28.1. The first-order chi connectivity index (χ1) is 11.7. The molecule has 0 radical (unpaired) electrons. The largest absolute Gasteiger partial charge is 0.351 e. The second-order valence-corrected chi connectivity index (χ2v) is 8.27. The van der Waals surface area contributed by atoms with Gasteiger partial charge in [0.25, 0.3) is 0 Å². The quantitative estimate of drug-likeness (QED) is 0.753. The van der Waals surface area contributed by atoms with Crippen LogP contribution in [0.1, 0.15) is 44.7 Å². The Hall–Kier alpha value is -1.88. The summed E-state index contributed by atoms with van der Waals surface area (Å²) in [5, 5.41) is 5.04. The fraction of sp³-hybridized carbons (Fsp3) is 0.450. The number of pyridine rings is 1. The average Bonchev–Trinajstić information content (AvgIpc) is 2.46. The van der Waals surface area contributed by atoms with Crippen molar-refractivity contribution in [2.45, 2.75) is 58.0 Å². The number of ketones is 1. The van der Waals surface area contributed by atoms with Gasteiger partial charge >= 0.3 is 0 Å². The van der Waals surface area contributed by atoms with E-state index < -0.39 is 5.54 Å². The highest BCUT2D eigenvalue weighted by atomic mass is 32.2. The fourth-order valence-electron chi connectivity index (χ4n) is 2.96. The summed E-state index contributed by atoms with van der Waals surface area (Å²) in [5.74, 6) is 0.699. The molecule has 2 aromatic rings. The van der Waals surface area contributed by atoms with Crippen molar-refractivity contribution in [1.29, 1.82) is 0 Å². The van der Waals surface area contributed by atoms with Crippen LogP contribution < -0.4 is 5.32 Å². The summed E-state index contributed by atoms with van der Waals surface area (Å²) in [5.41, 5.74) is 2.88. The molecule has 1 N–H and O–H groups in total. The summed E-state index contributed by atoms with van der Waals surface area (Å²) in [6, 6.07) is 8.27. The standard InChI is InChI=1S/C20H26N2O2S/c1-13-7-6-8-16-14(2)11-18(21-19(13)16)25-10-9-17(24)22-20(4,5)12-15(3)23/h6-8,11H,9-10,12H2,1-5H3,(H,22,24). The molecule has 1 heterocycles. The monoisotopic (exact) mass is 358 g/mol. The molecule has 5 heteroatoms. The van der Waals surface area contributed by atoms with Gasteiger partial charge in [-0.2, -0.15) is 0 Å². The highest BCUT2D eigenvalue weighted by Gasteiger charge is 2.22. The van der Waals surface area contributed by atoms with Gasteiger partial charge in [0.1, 0.15) is 5.78 Å². The Morgan fingerprint density at radius 1 is 1.20 bits per heavy atom. The van der Waals surface area contributed by atoms with Gasteiger partial charge in [0.15, 0.2) is 0 Å². The summed E-state index contributed by atoms with van der Waals surface area (Å²) in [7, 11) is 0. The Balaban J connectivity index is 1.96. The predicted molar refractivity (Wildman–Crippen MR) is 104 cm³/mol. The lowest BCUT2D eigenvalue weighted by molar-refractivity contribution is -0.123. The minimum Gasteiger partial charge on any atom is -0.351 e. The number of Topliss-reactive ketones (excluding diaryl/α,β-unsaturated/α-hetero) is 1. The van der Waals surface area contributed by atoms with E-state index in [0.29, 0.717) is 18.6 Å².